The van der Waals surface area contributed by atoms with Gasteiger partial charge < -0.3 is 14.1 Å². The Morgan fingerprint density at radius 2 is 2.00 bits per heavy atom. The van der Waals surface area contributed by atoms with Gasteiger partial charge in [0.1, 0.15) is 17.1 Å². The third-order valence-electron chi connectivity index (χ3n) is 3.80. The fraction of sp³-hybridized carbons (Fsp3) is 0.158. The summed E-state index contributed by atoms with van der Waals surface area (Å²) >= 11 is 0. The summed E-state index contributed by atoms with van der Waals surface area (Å²) in [6.45, 7) is 0.191. The number of carbonyl (C=O) groups excluding carboxylic acids is 1. The number of hydrogen-bond donors (Lipinski definition) is 0. The Balaban J connectivity index is 1.92. The van der Waals surface area contributed by atoms with Crippen molar-refractivity contribution >= 4 is 16.9 Å². The lowest BCUT2D eigenvalue weighted by molar-refractivity contribution is 0.0754. The molecule has 0 bridgehead atoms. The number of methoxy groups -OCH3 is 1. The van der Waals surface area contributed by atoms with Crippen molar-refractivity contribution in [1.29, 1.82) is 0 Å². The monoisotopic (exact) mass is 341 g/mol. The van der Waals surface area contributed by atoms with Gasteiger partial charge in [0.05, 0.1) is 12.5 Å². The maximum absolute atomic E-state index is 13.3. The van der Waals surface area contributed by atoms with Gasteiger partial charge in [-0.2, -0.15) is 0 Å². The number of ether oxygens (including phenoxy) is 1. The third kappa shape index (κ3) is 3.52. The second-order valence-electron chi connectivity index (χ2n) is 5.63. The first kappa shape index (κ1) is 16.7. The molecule has 0 radical (unpaired) electrons. The summed E-state index contributed by atoms with van der Waals surface area (Å²) in [5.41, 5.74) is 0.599. The van der Waals surface area contributed by atoms with Crippen LogP contribution >= 0.6 is 0 Å². The van der Waals surface area contributed by atoms with E-state index in [0.717, 1.165) is 0 Å². The maximum atomic E-state index is 13.3. The van der Waals surface area contributed by atoms with E-state index in [9.17, 15) is 14.0 Å². The average Bonchev–Trinajstić information content (AvgIpc) is 2.60. The van der Waals surface area contributed by atoms with Crippen LogP contribution in [0.1, 0.15) is 16.1 Å². The SMILES string of the molecule is COc1ccc2c(=O)cc(C(=O)N(C)Cc3cccc(F)c3)oc2c1. The van der Waals surface area contributed by atoms with Crippen LogP contribution < -0.4 is 10.2 Å². The van der Waals surface area contributed by atoms with Crippen LogP contribution in [0, 0.1) is 5.82 Å². The molecule has 3 aromatic rings. The molecular formula is C19H16FNO4. The van der Waals surface area contributed by atoms with Gasteiger partial charge in [-0.1, -0.05) is 12.1 Å². The molecule has 0 saturated heterocycles. The quantitative estimate of drug-likeness (QED) is 0.731. The number of nitrogens with zero attached hydrogens (tertiary/aromatic N) is 1. The van der Waals surface area contributed by atoms with Crippen LogP contribution in [-0.4, -0.2) is 25.0 Å². The largest absolute Gasteiger partial charge is 0.497 e. The Bertz CT molecular complexity index is 996. The molecule has 1 heterocycles. The van der Waals surface area contributed by atoms with E-state index in [-0.39, 0.29) is 29.1 Å². The zero-order valence-corrected chi connectivity index (χ0v) is 13.8. The summed E-state index contributed by atoms with van der Waals surface area (Å²) in [5.74, 6) is -0.396. The van der Waals surface area contributed by atoms with Crippen molar-refractivity contribution in [3.8, 4) is 5.75 Å². The van der Waals surface area contributed by atoms with Crippen LogP contribution in [0.5, 0.6) is 5.75 Å². The summed E-state index contributed by atoms with van der Waals surface area (Å²) in [6.07, 6.45) is 0. The Morgan fingerprint density at radius 1 is 1.20 bits per heavy atom. The topological polar surface area (TPSA) is 59.8 Å². The summed E-state index contributed by atoms with van der Waals surface area (Å²) in [4.78, 5) is 26.1. The highest BCUT2D eigenvalue weighted by atomic mass is 19.1. The van der Waals surface area contributed by atoms with Gasteiger partial charge in [0.25, 0.3) is 5.91 Å². The predicted molar refractivity (Wildman–Crippen MR) is 91.2 cm³/mol. The van der Waals surface area contributed by atoms with Crippen LogP contribution in [0.2, 0.25) is 0 Å². The first-order valence-corrected chi connectivity index (χ1v) is 7.60. The van der Waals surface area contributed by atoms with E-state index in [1.54, 1.807) is 37.4 Å². The van der Waals surface area contributed by atoms with Gasteiger partial charge >= 0.3 is 0 Å². The van der Waals surface area contributed by atoms with Crippen LogP contribution in [0.15, 0.2) is 57.7 Å². The minimum Gasteiger partial charge on any atom is -0.497 e. The first-order valence-electron chi connectivity index (χ1n) is 7.60. The van der Waals surface area contributed by atoms with E-state index in [2.05, 4.69) is 0 Å². The summed E-state index contributed by atoms with van der Waals surface area (Å²) in [6, 6.07) is 11.9. The zero-order chi connectivity index (χ0) is 18.0. The second kappa shape index (κ2) is 6.76. The van der Waals surface area contributed by atoms with Crippen molar-refractivity contribution in [3.63, 3.8) is 0 Å². The Morgan fingerprint density at radius 3 is 2.72 bits per heavy atom. The first-order chi connectivity index (χ1) is 12.0. The molecule has 3 rings (SSSR count). The van der Waals surface area contributed by atoms with Crippen LogP contribution in [0.25, 0.3) is 11.0 Å². The van der Waals surface area contributed by atoms with Crippen molar-refractivity contribution in [2.45, 2.75) is 6.54 Å². The summed E-state index contributed by atoms with van der Waals surface area (Å²) in [7, 11) is 3.06. The van der Waals surface area contributed by atoms with Gasteiger partial charge in [-0.15, -0.1) is 0 Å². The Kier molecular flexibility index (Phi) is 4.52. The van der Waals surface area contributed by atoms with Crippen molar-refractivity contribution in [1.82, 2.24) is 4.90 Å². The highest BCUT2D eigenvalue weighted by molar-refractivity contribution is 5.93. The highest BCUT2D eigenvalue weighted by Crippen LogP contribution is 2.20. The molecule has 0 aliphatic rings. The summed E-state index contributed by atoms with van der Waals surface area (Å²) < 4.78 is 24.0. The molecule has 6 heteroatoms. The van der Waals surface area contributed by atoms with Crippen LogP contribution in [-0.2, 0) is 6.54 Å². The molecule has 0 aliphatic carbocycles. The molecule has 2 aromatic carbocycles. The van der Waals surface area contributed by atoms with Gasteiger partial charge in [-0.3, -0.25) is 9.59 Å². The summed E-state index contributed by atoms with van der Waals surface area (Å²) in [5, 5.41) is 0.366. The van der Waals surface area contributed by atoms with Crippen LogP contribution in [0.4, 0.5) is 4.39 Å². The van der Waals surface area contributed by atoms with Crippen LogP contribution in [0.3, 0.4) is 0 Å². The van der Waals surface area contributed by atoms with Gasteiger partial charge in [-0.25, -0.2) is 4.39 Å². The number of hydrogen-bond acceptors (Lipinski definition) is 4. The minimum absolute atomic E-state index is 0.0790. The molecule has 25 heavy (non-hydrogen) atoms. The Hall–Kier alpha value is -3.15. The maximum Gasteiger partial charge on any atom is 0.289 e. The minimum atomic E-state index is -0.467. The van der Waals surface area contributed by atoms with E-state index < -0.39 is 5.91 Å². The van der Waals surface area contributed by atoms with Gasteiger partial charge in [0.15, 0.2) is 11.2 Å². The van der Waals surface area contributed by atoms with Crippen molar-refractivity contribution in [2.75, 3.05) is 14.2 Å². The number of amides is 1. The number of halogens is 1. The molecule has 0 saturated carbocycles. The fourth-order valence-electron chi connectivity index (χ4n) is 2.54. The number of rotatable bonds is 4. The van der Waals surface area contributed by atoms with E-state index >= 15 is 0 Å². The predicted octanol–water partition coefficient (Wildman–Crippen LogP) is 3.21. The van der Waals surface area contributed by atoms with Gasteiger partial charge in [0, 0.05) is 25.7 Å². The third-order valence-corrected chi connectivity index (χ3v) is 3.80. The molecule has 0 N–H and O–H groups in total. The number of carbonyl (C=O) groups is 1. The number of fused-ring (bicyclic) bond motifs is 1. The van der Waals surface area contributed by atoms with Gasteiger partial charge in [-0.05, 0) is 29.8 Å². The number of benzene rings is 2. The van der Waals surface area contributed by atoms with E-state index in [4.69, 9.17) is 9.15 Å². The smallest absolute Gasteiger partial charge is 0.289 e. The van der Waals surface area contributed by atoms with E-state index in [0.29, 0.717) is 16.7 Å². The molecular weight excluding hydrogens is 325 g/mol. The van der Waals surface area contributed by atoms with Crippen molar-refractivity contribution in [2.24, 2.45) is 0 Å². The molecule has 0 unspecified atom stereocenters. The molecule has 0 fully saturated rings. The highest BCUT2D eigenvalue weighted by Gasteiger charge is 2.17. The van der Waals surface area contributed by atoms with E-state index in [1.807, 2.05) is 0 Å². The zero-order valence-electron chi connectivity index (χ0n) is 13.8. The lowest BCUT2D eigenvalue weighted by atomic mass is 10.2. The second-order valence-corrected chi connectivity index (χ2v) is 5.63. The molecule has 0 atom stereocenters. The molecule has 5 nitrogen and oxygen atoms in total. The molecule has 0 spiro atoms. The van der Waals surface area contributed by atoms with E-state index in [1.165, 1.54) is 30.2 Å². The average molecular weight is 341 g/mol. The lowest BCUT2D eigenvalue weighted by Crippen LogP contribution is -2.27. The normalized spacial score (nSPS) is 10.7. The molecule has 1 aromatic heterocycles. The molecule has 128 valence electrons. The molecule has 0 aliphatic heterocycles. The fourth-order valence-corrected chi connectivity index (χ4v) is 2.54. The van der Waals surface area contributed by atoms with Gasteiger partial charge in [0.2, 0.25) is 0 Å². The lowest BCUT2D eigenvalue weighted by Gasteiger charge is -2.16. The van der Waals surface area contributed by atoms with Crippen molar-refractivity contribution in [3.05, 3.63) is 75.9 Å². The molecule has 1 amide bonds. The Labute approximate surface area is 143 Å². The van der Waals surface area contributed by atoms with Crippen molar-refractivity contribution < 1.29 is 18.3 Å². The standard InChI is InChI=1S/C19H16FNO4/c1-21(11-12-4-3-5-13(20)8-12)19(23)18-10-16(22)15-7-6-14(24-2)9-17(15)25-18/h3-10H,11H2,1-2H3.